The van der Waals surface area contributed by atoms with Crippen molar-refractivity contribution in [3.05, 3.63) is 41.1 Å². The van der Waals surface area contributed by atoms with Crippen molar-refractivity contribution >= 4 is 5.91 Å². The molecule has 0 bridgehead atoms. The normalized spacial score (nSPS) is 19.0. The number of nitrogens with one attached hydrogen (secondary N) is 2. The molecule has 3 heterocycles. The Morgan fingerprint density at radius 3 is 3.00 bits per heavy atom. The van der Waals surface area contributed by atoms with E-state index in [1.807, 2.05) is 12.1 Å². The summed E-state index contributed by atoms with van der Waals surface area (Å²) in [6.07, 6.45) is 7.16. The minimum atomic E-state index is -0.0832. The number of carbonyl (C=O) groups excluding carboxylic acids is 1. The summed E-state index contributed by atoms with van der Waals surface area (Å²) in [5.41, 5.74) is 2.78. The fourth-order valence-corrected chi connectivity index (χ4v) is 3.72. The van der Waals surface area contributed by atoms with Gasteiger partial charge in [-0.25, -0.2) is 0 Å². The SMILES string of the molecule is O=C(NC[C@@H](c1ccco1)N1CCCC1)c1n[nH]c2c1CCC2. The Balaban J connectivity index is 1.46. The van der Waals surface area contributed by atoms with Crippen molar-refractivity contribution in [2.45, 2.75) is 38.1 Å². The molecule has 0 radical (unpaired) electrons. The lowest BCUT2D eigenvalue weighted by atomic mass is 10.1. The van der Waals surface area contributed by atoms with Gasteiger partial charge >= 0.3 is 0 Å². The first kappa shape index (κ1) is 14.5. The van der Waals surface area contributed by atoms with E-state index >= 15 is 0 Å². The molecule has 0 saturated carbocycles. The number of aromatic nitrogens is 2. The van der Waals surface area contributed by atoms with Crippen molar-refractivity contribution in [2.24, 2.45) is 0 Å². The van der Waals surface area contributed by atoms with Gasteiger partial charge in [-0.3, -0.25) is 14.8 Å². The average molecular weight is 314 g/mol. The number of hydrogen-bond acceptors (Lipinski definition) is 4. The molecule has 2 aliphatic rings. The highest BCUT2D eigenvalue weighted by Gasteiger charge is 2.28. The lowest BCUT2D eigenvalue weighted by Gasteiger charge is -2.25. The topological polar surface area (TPSA) is 74.2 Å². The third-order valence-corrected chi connectivity index (χ3v) is 4.93. The van der Waals surface area contributed by atoms with E-state index in [-0.39, 0.29) is 11.9 Å². The van der Waals surface area contributed by atoms with Crippen LogP contribution in [0.15, 0.2) is 22.8 Å². The minimum absolute atomic E-state index is 0.0832. The summed E-state index contributed by atoms with van der Waals surface area (Å²) in [5.74, 6) is 0.833. The number of aromatic amines is 1. The van der Waals surface area contributed by atoms with Gasteiger partial charge in [0.05, 0.1) is 12.3 Å². The molecule has 0 unspecified atom stereocenters. The van der Waals surface area contributed by atoms with Crippen LogP contribution in [0.4, 0.5) is 0 Å². The molecule has 23 heavy (non-hydrogen) atoms. The molecule has 1 fully saturated rings. The summed E-state index contributed by atoms with van der Waals surface area (Å²) in [6.45, 7) is 2.66. The number of nitrogens with zero attached hydrogens (tertiary/aromatic N) is 2. The molecular formula is C17H22N4O2. The molecule has 0 spiro atoms. The molecule has 2 aromatic heterocycles. The van der Waals surface area contributed by atoms with Crippen LogP contribution in [-0.2, 0) is 12.8 Å². The lowest BCUT2D eigenvalue weighted by molar-refractivity contribution is 0.0928. The first-order chi connectivity index (χ1) is 11.3. The van der Waals surface area contributed by atoms with Crippen LogP contribution in [0.1, 0.15) is 52.8 Å². The van der Waals surface area contributed by atoms with E-state index in [2.05, 4.69) is 20.4 Å². The number of likely N-dealkylation sites (tertiary alicyclic amines) is 1. The molecule has 0 aromatic carbocycles. The van der Waals surface area contributed by atoms with Gasteiger partial charge in [-0.15, -0.1) is 0 Å². The standard InChI is InChI=1S/C17H22N4O2/c22-17(16-12-5-3-6-13(12)19-20-16)18-11-14(15-7-4-10-23-15)21-8-1-2-9-21/h4,7,10,14H,1-3,5-6,8-9,11H2,(H,18,22)(H,19,20)/t14-/m0/s1. The van der Waals surface area contributed by atoms with Gasteiger partial charge in [0.1, 0.15) is 5.76 Å². The summed E-state index contributed by atoms with van der Waals surface area (Å²) in [4.78, 5) is 14.9. The summed E-state index contributed by atoms with van der Waals surface area (Å²) >= 11 is 0. The predicted molar refractivity (Wildman–Crippen MR) is 85.2 cm³/mol. The van der Waals surface area contributed by atoms with E-state index in [4.69, 9.17) is 4.42 Å². The summed E-state index contributed by atoms with van der Waals surface area (Å²) in [6, 6.07) is 3.99. The molecule has 4 rings (SSSR count). The number of rotatable bonds is 5. The van der Waals surface area contributed by atoms with Gasteiger partial charge in [-0.05, 0) is 57.3 Å². The second kappa shape index (κ2) is 6.20. The van der Waals surface area contributed by atoms with Crippen LogP contribution in [-0.4, -0.2) is 40.6 Å². The zero-order valence-corrected chi connectivity index (χ0v) is 13.2. The zero-order chi connectivity index (χ0) is 15.6. The van der Waals surface area contributed by atoms with Gasteiger partial charge in [0, 0.05) is 17.8 Å². The van der Waals surface area contributed by atoms with Crippen LogP contribution in [0.25, 0.3) is 0 Å². The fourth-order valence-electron chi connectivity index (χ4n) is 3.72. The van der Waals surface area contributed by atoms with Gasteiger partial charge in [-0.1, -0.05) is 0 Å². The van der Waals surface area contributed by atoms with E-state index in [0.29, 0.717) is 12.2 Å². The van der Waals surface area contributed by atoms with Crippen molar-refractivity contribution in [3.8, 4) is 0 Å². The molecule has 1 amide bonds. The fraction of sp³-hybridized carbons (Fsp3) is 0.529. The van der Waals surface area contributed by atoms with Gasteiger partial charge < -0.3 is 9.73 Å². The smallest absolute Gasteiger partial charge is 0.272 e. The van der Waals surface area contributed by atoms with Crippen LogP contribution in [0.3, 0.4) is 0 Å². The zero-order valence-electron chi connectivity index (χ0n) is 13.2. The van der Waals surface area contributed by atoms with E-state index < -0.39 is 0 Å². The number of aryl methyl sites for hydroxylation is 1. The molecule has 6 nitrogen and oxygen atoms in total. The minimum Gasteiger partial charge on any atom is -0.468 e. The molecule has 1 atom stereocenters. The monoisotopic (exact) mass is 314 g/mol. The maximum atomic E-state index is 12.5. The quantitative estimate of drug-likeness (QED) is 0.886. The summed E-state index contributed by atoms with van der Waals surface area (Å²) < 4.78 is 5.59. The Kier molecular flexibility index (Phi) is 3.91. The lowest BCUT2D eigenvalue weighted by Crippen LogP contribution is -2.37. The number of H-pyrrole nitrogens is 1. The largest absolute Gasteiger partial charge is 0.468 e. The van der Waals surface area contributed by atoms with Gasteiger partial charge in [0.2, 0.25) is 0 Å². The maximum absolute atomic E-state index is 12.5. The second-order valence-corrected chi connectivity index (χ2v) is 6.37. The highest BCUT2D eigenvalue weighted by Crippen LogP contribution is 2.26. The molecule has 2 aromatic rings. The summed E-state index contributed by atoms with van der Waals surface area (Å²) in [7, 11) is 0. The van der Waals surface area contributed by atoms with E-state index in [9.17, 15) is 4.79 Å². The summed E-state index contributed by atoms with van der Waals surface area (Å²) in [5, 5.41) is 10.3. The van der Waals surface area contributed by atoms with Gasteiger partial charge in [0.25, 0.3) is 5.91 Å². The van der Waals surface area contributed by atoms with Gasteiger partial charge in [0.15, 0.2) is 5.69 Å². The Morgan fingerprint density at radius 2 is 2.22 bits per heavy atom. The molecule has 122 valence electrons. The Bertz CT molecular complexity index is 671. The molecule has 1 aliphatic heterocycles. The second-order valence-electron chi connectivity index (χ2n) is 6.37. The van der Waals surface area contributed by atoms with Crippen molar-refractivity contribution in [2.75, 3.05) is 19.6 Å². The number of hydrogen-bond donors (Lipinski definition) is 2. The molecule has 6 heteroatoms. The Hall–Kier alpha value is -2.08. The third kappa shape index (κ3) is 2.79. The highest BCUT2D eigenvalue weighted by atomic mass is 16.3. The first-order valence-corrected chi connectivity index (χ1v) is 8.44. The molecular weight excluding hydrogens is 292 g/mol. The van der Waals surface area contributed by atoms with Crippen molar-refractivity contribution in [1.82, 2.24) is 20.4 Å². The predicted octanol–water partition coefficient (Wildman–Crippen LogP) is 2.06. The van der Waals surface area contributed by atoms with Crippen LogP contribution in [0.2, 0.25) is 0 Å². The van der Waals surface area contributed by atoms with Crippen LogP contribution in [0.5, 0.6) is 0 Å². The first-order valence-electron chi connectivity index (χ1n) is 8.44. The number of carbonyl (C=O) groups is 1. The van der Waals surface area contributed by atoms with Crippen LogP contribution < -0.4 is 5.32 Å². The van der Waals surface area contributed by atoms with Crippen LogP contribution >= 0.6 is 0 Å². The molecule has 1 aliphatic carbocycles. The van der Waals surface area contributed by atoms with Crippen molar-refractivity contribution < 1.29 is 9.21 Å². The Morgan fingerprint density at radius 1 is 1.35 bits per heavy atom. The molecule has 1 saturated heterocycles. The van der Waals surface area contributed by atoms with Crippen molar-refractivity contribution in [1.29, 1.82) is 0 Å². The van der Waals surface area contributed by atoms with E-state index in [0.717, 1.165) is 49.4 Å². The number of furan rings is 1. The van der Waals surface area contributed by atoms with E-state index in [1.165, 1.54) is 12.8 Å². The maximum Gasteiger partial charge on any atom is 0.272 e. The van der Waals surface area contributed by atoms with Crippen molar-refractivity contribution in [3.63, 3.8) is 0 Å². The van der Waals surface area contributed by atoms with E-state index in [1.54, 1.807) is 6.26 Å². The molecule has 2 N–H and O–H groups in total. The highest BCUT2D eigenvalue weighted by molar-refractivity contribution is 5.94. The number of fused-ring (bicyclic) bond motifs is 1. The average Bonchev–Trinajstić information content (AvgIpc) is 3.31. The Labute approximate surface area is 135 Å². The third-order valence-electron chi connectivity index (χ3n) is 4.93. The van der Waals surface area contributed by atoms with Gasteiger partial charge in [-0.2, -0.15) is 5.10 Å². The van der Waals surface area contributed by atoms with Crippen LogP contribution in [0, 0.1) is 0 Å². The number of amides is 1.